The molecule has 1 aromatic heterocycles. The monoisotopic (exact) mass is 291 g/mol. The minimum Gasteiger partial charge on any atom is -0.504 e. The fourth-order valence-electron chi connectivity index (χ4n) is 2.39. The molecule has 2 rings (SSSR count). The number of carbonyl (C=O) groups is 1. The van der Waals surface area contributed by atoms with Gasteiger partial charge in [0.05, 0.1) is 7.11 Å². The first kappa shape index (κ1) is 14.7. The molecule has 0 aliphatic heterocycles. The number of aromatic hydroxyl groups is 1. The Balaban J connectivity index is 2.53. The SMILES string of the molecule is COc1ccc([C@H](CC(N)=O)c2c(C)[nH][nH]c2=O)cc1O. The van der Waals surface area contributed by atoms with E-state index >= 15 is 0 Å². The van der Waals surface area contributed by atoms with Crippen molar-refractivity contribution < 1.29 is 14.6 Å². The standard InChI is InChI=1S/C14H17N3O4/c1-7-13(14(20)17-16-7)9(6-12(15)19)8-3-4-11(21-2)10(18)5-8/h3-5,9,18H,6H2,1-2H3,(H2,15,19)(H2,16,17,20)/t9-/m0/s1. The molecule has 0 aliphatic carbocycles. The molecule has 0 saturated carbocycles. The number of nitrogens with two attached hydrogens (primary N) is 1. The van der Waals surface area contributed by atoms with Crippen LogP contribution in [0.5, 0.6) is 11.5 Å². The highest BCUT2D eigenvalue weighted by atomic mass is 16.5. The van der Waals surface area contributed by atoms with Gasteiger partial charge in [0.25, 0.3) is 5.56 Å². The number of benzene rings is 1. The van der Waals surface area contributed by atoms with E-state index in [1.54, 1.807) is 19.1 Å². The summed E-state index contributed by atoms with van der Waals surface area (Å²) in [5.41, 5.74) is 6.64. The number of methoxy groups -OCH3 is 1. The second kappa shape index (κ2) is 5.74. The number of ether oxygens (including phenoxy) is 1. The molecule has 7 nitrogen and oxygen atoms in total. The number of phenolic OH excluding ortho intramolecular Hbond substituents is 1. The highest BCUT2D eigenvalue weighted by Gasteiger charge is 2.24. The minimum absolute atomic E-state index is 0.0342. The average Bonchev–Trinajstić information content (AvgIpc) is 2.75. The molecule has 2 aromatic rings. The summed E-state index contributed by atoms with van der Waals surface area (Å²) in [7, 11) is 1.44. The molecule has 1 heterocycles. The molecule has 0 unspecified atom stereocenters. The van der Waals surface area contributed by atoms with Crippen molar-refractivity contribution in [3.8, 4) is 11.5 Å². The quantitative estimate of drug-likeness (QED) is 0.649. The highest BCUT2D eigenvalue weighted by molar-refractivity contribution is 5.75. The maximum absolute atomic E-state index is 11.9. The van der Waals surface area contributed by atoms with Gasteiger partial charge in [-0.3, -0.25) is 14.7 Å². The van der Waals surface area contributed by atoms with Crippen molar-refractivity contribution in [2.45, 2.75) is 19.3 Å². The van der Waals surface area contributed by atoms with Gasteiger partial charge in [0, 0.05) is 23.6 Å². The molecule has 1 aromatic carbocycles. The molecule has 0 aliphatic rings. The van der Waals surface area contributed by atoms with E-state index in [1.807, 2.05) is 0 Å². The number of hydrogen-bond acceptors (Lipinski definition) is 4. The van der Waals surface area contributed by atoms with Gasteiger partial charge in [0.15, 0.2) is 11.5 Å². The van der Waals surface area contributed by atoms with Crippen LogP contribution in [0.2, 0.25) is 0 Å². The number of nitrogens with one attached hydrogen (secondary N) is 2. The number of carbonyl (C=O) groups excluding carboxylic acids is 1. The first-order chi connectivity index (χ1) is 9.93. The molecule has 0 spiro atoms. The Morgan fingerprint density at radius 1 is 1.43 bits per heavy atom. The van der Waals surface area contributed by atoms with Crippen molar-refractivity contribution in [3.63, 3.8) is 0 Å². The van der Waals surface area contributed by atoms with Crippen molar-refractivity contribution >= 4 is 5.91 Å². The van der Waals surface area contributed by atoms with Crippen LogP contribution in [0.15, 0.2) is 23.0 Å². The number of aryl methyl sites for hydroxylation is 1. The smallest absolute Gasteiger partial charge is 0.267 e. The Hall–Kier alpha value is -2.70. The molecule has 7 heteroatoms. The second-order valence-electron chi connectivity index (χ2n) is 4.77. The van der Waals surface area contributed by atoms with E-state index < -0.39 is 11.8 Å². The third kappa shape index (κ3) is 2.91. The van der Waals surface area contributed by atoms with Crippen molar-refractivity contribution in [1.82, 2.24) is 10.2 Å². The highest BCUT2D eigenvalue weighted by Crippen LogP contribution is 2.33. The largest absolute Gasteiger partial charge is 0.504 e. The Bertz CT molecular complexity index is 717. The number of phenols is 1. The zero-order valence-corrected chi connectivity index (χ0v) is 11.8. The average molecular weight is 291 g/mol. The zero-order valence-electron chi connectivity index (χ0n) is 11.8. The van der Waals surface area contributed by atoms with Crippen LogP contribution in [0, 0.1) is 6.92 Å². The molecule has 0 bridgehead atoms. The van der Waals surface area contributed by atoms with Crippen molar-refractivity contribution in [3.05, 3.63) is 45.4 Å². The summed E-state index contributed by atoms with van der Waals surface area (Å²) in [6.07, 6.45) is -0.0342. The molecule has 21 heavy (non-hydrogen) atoms. The molecule has 0 radical (unpaired) electrons. The number of H-pyrrole nitrogens is 2. The Morgan fingerprint density at radius 3 is 2.62 bits per heavy atom. The fourth-order valence-corrected chi connectivity index (χ4v) is 2.39. The summed E-state index contributed by atoms with van der Waals surface area (Å²) >= 11 is 0. The van der Waals surface area contributed by atoms with Gasteiger partial charge < -0.3 is 20.7 Å². The number of rotatable bonds is 5. The van der Waals surface area contributed by atoms with E-state index in [0.717, 1.165) is 0 Å². The molecule has 5 N–H and O–H groups in total. The van der Waals surface area contributed by atoms with Crippen molar-refractivity contribution in [2.24, 2.45) is 5.73 Å². The second-order valence-corrected chi connectivity index (χ2v) is 4.77. The van der Waals surface area contributed by atoms with Crippen LogP contribution in [0.1, 0.15) is 29.2 Å². The topological polar surface area (TPSA) is 121 Å². The van der Waals surface area contributed by atoms with Gasteiger partial charge in [-0.1, -0.05) is 6.07 Å². The van der Waals surface area contributed by atoms with Crippen LogP contribution in [-0.2, 0) is 4.79 Å². The lowest BCUT2D eigenvalue weighted by Gasteiger charge is -2.16. The van der Waals surface area contributed by atoms with Gasteiger partial charge in [-0.05, 0) is 24.6 Å². The molecule has 0 fully saturated rings. The molecule has 0 saturated heterocycles. The lowest BCUT2D eigenvalue weighted by atomic mass is 9.88. The van der Waals surface area contributed by atoms with Crippen LogP contribution < -0.4 is 16.0 Å². The number of hydrogen-bond donors (Lipinski definition) is 4. The number of aromatic amines is 2. The Morgan fingerprint density at radius 2 is 2.14 bits per heavy atom. The van der Waals surface area contributed by atoms with Crippen LogP contribution in [0.3, 0.4) is 0 Å². The van der Waals surface area contributed by atoms with E-state index in [9.17, 15) is 14.7 Å². The van der Waals surface area contributed by atoms with Crippen LogP contribution in [0.4, 0.5) is 0 Å². The third-order valence-corrected chi connectivity index (χ3v) is 3.37. The lowest BCUT2D eigenvalue weighted by Crippen LogP contribution is -2.20. The summed E-state index contributed by atoms with van der Waals surface area (Å²) in [6, 6.07) is 4.74. The summed E-state index contributed by atoms with van der Waals surface area (Å²) in [4.78, 5) is 23.2. The summed E-state index contributed by atoms with van der Waals surface area (Å²) in [6.45, 7) is 1.73. The summed E-state index contributed by atoms with van der Waals surface area (Å²) in [5, 5.41) is 15.1. The van der Waals surface area contributed by atoms with Gasteiger partial charge in [-0.2, -0.15) is 0 Å². The van der Waals surface area contributed by atoms with E-state index in [-0.39, 0.29) is 17.7 Å². The van der Waals surface area contributed by atoms with E-state index in [4.69, 9.17) is 10.5 Å². The molecular formula is C14H17N3O4. The van der Waals surface area contributed by atoms with Crippen molar-refractivity contribution in [1.29, 1.82) is 0 Å². The van der Waals surface area contributed by atoms with Gasteiger partial charge >= 0.3 is 0 Å². The first-order valence-corrected chi connectivity index (χ1v) is 6.36. The van der Waals surface area contributed by atoms with E-state index in [2.05, 4.69) is 10.2 Å². The first-order valence-electron chi connectivity index (χ1n) is 6.36. The van der Waals surface area contributed by atoms with E-state index in [0.29, 0.717) is 22.6 Å². The third-order valence-electron chi connectivity index (χ3n) is 3.37. The lowest BCUT2D eigenvalue weighted by molar-refractivity contribution is -0.118. The molecule has 112 valence electrons. The maximum Gasteiger partial charge on any atom is 0.267 e. The minimum atomic E-state index is -0.533. The zero-order chi connectivity index (χ0) is 15.6. The molecule has 1 atom stereocenters. The Kier molecular flexibility index (Phi) is 4.02. The van der Waals surface area contributed by atoms with Crippen LogP contribution in [-0.4, -0.2) is 28.3 Å². The fraction of sp³-hybridized carbons (Fsp3) is 0.286. The van der Waals surface area contributed by atoms with Crippen LogP contribution in [0.25, 0.3) is 0 Å². The number of aromatic nitrogens is 2. The van der Waals surface area contributed by atoms with E-state index in [1.165, 1.54) is 13.2 Å². The van der Waals surface area contributed by atoms with Gasteiger partial charge in [-0.25, -0.2) is 0 Å². The number of amides is 1. The van der Waals surface area contributed by atoms with Gasteiger partial charge in [0.1, 0.15) is 0 Å². The molecule has 1 amide bonds. The summed E-state index contributed by atoms with van der Waals surface area (Å²) < 4.78 is 4.98. The number of primary amides is 1. The maximum atomic E-state index is 11.9. The van der Waals surface area contributed by atoms with Crippen LogP contribution >= 0.6 is 0 Å². The van der Waals surface area contributed by atoms with Crippen molar-refractivity contribution in [2.75, 3.05) is 7.11 Å². The summed E-state index contributed by atoms with van der Waals surface area (Å²) in [5.74, 6) is -0.810. The van der Waals surface area contributed by atoms with Gasteiger partial charge in [-0.15, -0.1) is 0 Å². The predicted molar refractivity (Wildman–Crippen MR) is 76.5 cm³/mol. The van der Waals surface area contributed by atoms with Gasteiger partial charge in [0.2, 0.25) is 5.91 Å². The Labute approximate surface area is 120 Å². The normalized spacial score (nSPS) is 12.1. The molecular weight excluding hydrogens is 274 g/mol. The predicted octanol–water partition coefficient (Wildman–Crippen LogP) is 0.733.